The number of pyridine rings is 1. The Balaban J connectivity index is 2.24. The molecule has 1 N–H and O–H groups in total. The van der Waals surface area contributed by atoms with Crippen molar-refractivity contribution >= 4 is 11.4 Å². The molecular formula is C17H13F6N3O2. The molecule has 0 unspecified atom stereocenters. The summed E-state index contributed by atoms with van der Waals surface area (Å²) in [6, 6.07) is 4.82. The summed E-state index contributed by atoms with van der Waals surface area (Å²) in [5, 5.41) is 0. The lowest BCUT2D eigenvalue weighted by atomic mass is 10.1. The van der Waals surface area contributed by atoms with Crippen LogP contribution in [0.1, 0.15) is 5.56 Å². The molecule has 2 rings (SSSR count). The molecule has 1 aromatic heterocycles. The maximum atomic E-state index is 13.1. The van der Waals surface area contributed by atoms with Crippen LogP contribution >= 0.6 is 0 Å². The van der Waals surface area contributed by atoms with Gasteiger partial charge in [0.25, 0.3) is 0 Å². The van der Waals surface area contributed by atoms with Crippen LogP contribution in [-0.2, 0) is 6.18 Å². The Morgan fingerprint density at radius 3 is 2.36 bits per heavy atom. The molecule has 1 heterocycles. The Morgan fingerprint density at radius 1 is 1.11 bits per heavy atom. The van der Waals surface area contributed by atoms with E-state index in [0.717, 1.165) is 18.2 Å². The van der Waals surface area contributed by atoms with Gasteiger partial charge in [-0.1, -0.05) is 6.07 Å². The lowest BCUT2D eigenvalue weighted by molar-refractivity contribution is -0.136. The standard InChI is InChI=1S/C17H13F6N3O2/c1-24-14-4-2-11(8-13(14)17(21,22)23)26(10-16(18,19)20)6-7-28-12-3-5-15(27)25-9-12/h2-5,8-9H,6-7,10H2,(H,25,27). The van der Waals surface area contributed by atoms with E-state index in [4.69, 9.17) is 11.3 Å². The number of benzene rings is 1. The molecule has 0 fully saturated rings. The first-order valence-electron chi connectivity index (χ1n) is 7.71. The van der Waals surface area contributed by atoms with E-state index in [2.05, 4.69) is 9.83 Å². The number of anilines is 1. The maximum Gasteiger partial charge on any atom is 0.407 e. The average Bonchev–Trinajstić information content (AvgIpc) is 2.60. The average molecular weight is 405 g/mol. The van der Waals surface area contributed by atoms with E-state index >= 15 is 0 Å². The number of halogens is 6. The number of hydrogen-bond donors (Lipinski definition) is 1. The third kappa shape index (κ3) is 5.94. The number of hydrogen-bond acceptors (Lipinski definition) is 3. The second-order valence-corrected chi connectivity index (χ2v) is 5.58. The molecule has 0 aliphatic rings. The van der Waals surface area contributed by atoms with Gasteiger partial charge >= 0.3 is 12.4 Å². The number of nitrogens with one attached hydrogen (secondary N) is 1. The lowest BCUT2D eigenvalue weighted by Crippen LogP contribution is -2.37. The van der Waals surface area contributed by atoms with Crippen molar-refractivity contribution in [2.75, 3.05) is 24.6 Å². The fourth-order valence-corrected chi connectivity index (χ4v) is 2.32. The fraction of sp³-hybridized carbons (Fsp3) is 0.294. The molecule has 0 saturated carbocycles. The summed E-state index contributed by atoms with van der Waals surface area (Å²) < 4.78 is 83.1. The molecule has 0 aliphatic carbocycles. The minimum atomic E-state index is -4.88. The summed E-state index contributed by atoms with van der Waals surface area (Å²) in [7, 11) is 0. The van der Waals surface area contributed by atoms with E-state index in [1.807, 2.05) is 0 Å². The molecule has 0 radical (unpaired) electrons. The van der Waals surface area contributed by atoms with E-state index in [-0.39, 0.29) is 24.6 Å². The minimum Gasteiger partial charge on any atom is -0.490 e. The molecule has 0 saturated heterocycles. The predicted molar refractivity (Wildman–Crippen MR) is 88.5 cm³/mol. The van der Waals surface area contributed by atoms with E-state index in [1.54, 1.807) is 0 Å². The maximum absolute atomic E-state index is 13.1. The van der Waals surface area contributed by atoms with E-state index in [1.165, 1.54) is 12.3 Å². The number of alkyl halides is 6. The van der Waals surface area contributed by atoms with Gasteiger partial charge in [0.1, 0.15) is 18.9 Å². The van der Waals surface area contributed by atoms with E-state index in [0.29, 0.717) is 11.0 Å². The predicted octanol–water partition coefficient (Wildman–Crippen LogP) is 4.39. The van der Waals surface area contributed by atoms with Crippen molar-refractivity contribution in [1.82, 2.24) is 4.98 Å². The second-order valence-electron chi connectivity index (χ2n) is 5.58. The van der Waals surface area contributed by atoms with Gasteiger partial charge in [-0.2, -0.15) is 26.3 Å². The van der Waals surface area contributed by atoms with Crippen molar-refractivity contribution in [1.29, 1.82) is 0 Å². The summed E-state index contributed by atoms with van der Waals surface area (Å²) in [5.74, 6) is 0.186. The summed E-state index contributed by atoms with van der Waals surface area (Å²) in [5.41, 5.74) is -2.76. The Bertz CT molecular complexity index is 894. The van der Waals surface area contributed by atoms with E-state index < -0.39 is 35.7 Å². The van der Waals surface area contributed by atoms with E-state index in [9.17, 15) is 31.1 Å². The first-order valence-corrected chi connectivity index (χ1v) is 7.71. The van der Waals surface area contributed by atoms with Gasteiger partial charge in [-0.3, -0.25) is 4.79 Å². The Kier molecular flexibility index (Phi) is 6.23. The summed E-state index contributed by atoms with van der Waals surface area (Å²) >= 11 is 0. The van der Waals surface area contributed by atoms with Crippen molar-refractivity contribution in [2.45, 2.75) is 12.4 Å². The van der Waals surface area contributed by atoms with Crippen molar-refractivity contribution in [3.63, 3.8) is 0 Å². The molecule has 0 amide bonds. The van der Waals surface area contributed by atoms with Crippen LogP contribution in [0.5, 0.6) is 5.75 Å². The van der Waals surface area contributed by atoms with Gasteiger partial charge in [0.05, 0.1) is 18.7 Å². The molecule has 1 aromatic carbocycles. The van der Waals surface area contributed by atoms with Crippen LogP contribution in [0.2, 0.25) is 0 Å². The number of H-pyrrole nitrogens is 1. The third-order valence-electron chi connectivity index (χ3n) is 3.53. The highest BCUT2D eigenvalue weighted by Gasteiger charge is 2.35. The molecule has 11 heteroatoms. The molecule has 28 heavy (non-hydrogen) atoms. The van der Waals surface area contributed by atoms with Crippen molar-refractivity contribution in [3.8, 4) is 5.75 Å². The second kappa shape index (κ2) is 8.24. The van der Waals surface area contributed by atoms with Gasteiger partial charge < -0.3 is 14.6 Å². The number of nitrogens with zero attached hydrogens (tertiary/aromatic N) is 2. The zero-order chi connectivity index (χ0) is 20.9. The summed E-state index contributed by atoms with van der Waals surface area (Å²) in [6.45, 7) is 4.63. The van der Waals surface area contributed by atoms with Crippen LogP contribution in [-0.4, -0.2) is 30.9 Å². The monoisotopic (exact) mass is 405 g/mol. The van der Waals surface area contributed by atoms with Crippen molar-refractivity contribution < 1.29 is 31.1 Å². The molecule has 0 aliphatic heterocycles. The summed E-state index contributed by atoms with van der Waals surface area (Å²) in [6.07, 6.45) is -8.34. The molecule has 150 valence electrons. The number of aromatic nitrogens is 1. The largest absolute Gasteiger partial charge is 0.490 e. The Labute approximate surface area is 155 Å². The summed E-state index contributed by atoms with van der Waals surface area (Å²) in [4.78, 5) is 16.7. The number of aromatic amines is 1. The number of ether oxygens (including phenoxy) is 1. The molecule has 5 nitrogen and oxygen atoms in total. The van der Waals surface area contributed by atoms with Gasteiger partial charge in [0, 0.05) is 18.0 Å². The molecule has 0 atom stereocenters. The normalized spacial score (nSPS) is 11.8. The van der Waals surface area contributed by atoms with Crippen molar-refractivity contribution in [2.24, 2.45) is 0 Å². The van der Waals surface area contributed by atoms with Gasteiger partial charge in [-0.25, -0.2) is 4.85 Å². The SMILES string of the molecule is [C-]#[N+]c1ccc(N(CCOc2ccc(=O)[nH]c2)CC(F)(F)F)cc1C(F)(F)F. The smallest absolute Gasteiger partial charge is 0.407 e. The van der Waals surface area contributed by atoms with Crippen LogP contribution < -0.4 is 15.2 Å². The highest BCUT2D eigenvalue weighted by Crippen LogP contribution is 2.39. The topological polar surface area (TPSA) is 49.7 Å². The quantitative estimate of drug-likeness (QED) is 0.573. The zero-order valence-corrected chi connectivity index (χ0v) is 14.1. The highest BCUT2D eigenvalue weighted by molar-refractivity contribution is 5.62. The first kappa shape index (κ1) is 21.1. The molecule has 0 bridgehead atoms. The van der Waals surface area contributed by atoms with Gasteiger partial charge in [-0.15, -0.1) is 0 Å². The van der Waals surface area contributed by atoms with Gasteiger partial charge in [0.2, 0.25) is 5.56 Å². The molecule has 2 aromatic rings. The third-order valence-corrected chi connectivity index (χ3v) is 3.53. The molecule has 0 spiro atoms. The minimum absolute atomic E-state index is 0.186. The van der Waals surface area contributed by atoms with Crippen LogP contribution in [0.15, 0.2) is 41.3 Å². The number of rotatable bonds is 6. The van der Waals surface area contributed by atoms with Crippen LogP contribution in [0, 0.1) is 6.57 Å². The van der Waals surface area contributed by atoms with Crippen molar-refractivity contribution in [3.05, 3.63) is 63.9 Å². The van der Waals surface area contributed by atoms with Gasteiger partial charge in [-0.05, 0) is 18.2 Å². The zero-order valence-electron chi connectivity index (χ0n) is 14.1. The lowest BCUT2D eigenvalue weighted by Gasteiger charge is -2.27. The van der Waals surface area contributed by atoms with Gasteiger partial charge in [0.15, 0.2) is 5.69 Å². The first-order chi connectivity index (χ1) is 13.0. The van der Waals surface area contributed by atoms with Crippen LogP contribution in [0.25, 0.3) is 4.85 Å². The Morgan fingerprint density at radius 2 is 1.82 bits per heavy atom. The fourth-order valence-electron chi connectivity index (χ4n) is 2.32. The molecular weight excluding hydrogens is 392 g/mol. The van der Waals surface area contributed by atoms with Crippen LogP contribution in [0.4, 0.5) is 37.7 Å². The highest BCUT2D eigenvalue weighted by atomic mass is 19.4. The Hall–Kier alpha value is -3.16. The van der Waals surface area contributed by atoms with Crippen LogP contribution in [0.3, 0.4) is 0 Å².